The Morgan fingerprint density at radius 1 is 1.09 bits per heavy atom. The van der Waals surface area contributed by atoms with Gasteiger partial charge in [-0.2, -0.15) is 0 Å². The number of para-hydroxylation sites is 1. The third kappa shape index (κ3) is 3.67. The topological polar surface area (TPSA) is 98.5 Å². The molecule has 2 aromatic carbocycles. The van der Waals surface area contributed by atoms with Crippen LogP contribution in [-0.2, 0) is 0 Å². The number of anilines is 1. The second-order valence-corrected chi connectivity index (χ2v) is 7.65. The van der Waals surface area contributed by atoms with E-state index in [2.05, 4.69) is 26.9 Å². The molecule has 3 aromatic heterocycles. The standard InChI is InChI=1S/C27H20N6O/c1-3-9-18-12-7-13-20-16-21(24(31-23(18)20)19-10-5-4-6-11-19)17(2)30-27(34)22-25(28)32-33-15-8-14-29-26(22)33/h4-8,10-16H,1-2H3,(H2,28,32). The summed E-state index contributed by atoms with van der Waals surface area (Å²) in [6.07, 6.45) is 3.27. The van der Waals surface area contributed by atoms with Crippen LogP contribution in [0.4, 0.5) is 5.82 Å². The van der Waals surface area contributed by atoms with Gasteiger partial charge in [-0.15, -0.1) is 11.0 Å². The fourth-order valence-corrected chi connectivity index (χ4v) is 3.90. The Bertz CT molecular complexity index is 1660. The highest BCUT2D eigenvalue weighted by Crippen LogP contribution is 2.28. The van der Waals surface area contributed by atoms with Gasteiger partial charge in [0.25, 0.3) is 5.91 Å². The summed E-state index contributed by atoms with van der Waals surface area (Å²) in [5.74, 6) is 5.66. The Morgan fingerprint density at radius 3 is 2.71 bits per heavy atom. The number of aromatic nitrogens is 4. The number of nitrogens with zero attached hydrogens (tertiary/aromatic N) is 5. The summed E-state index contributed by atoms with van der Waals surface area (Å²) in [5, 5.41) is 5.08. The quantitative estimate of drug-likeness (QED) is 0.325. The van der Waals surface area contributed by atoms with Crippen molar-refractivity contribution in [2.24, 2.45) is 4.99 Å². The second-order valence-electron chi connectivity index (χ2n) is 7.65. The van der Waals surface area contributed by atoms with Crippen molar-refractivity contribution < 1.29 is 4.79 Å². The molecule has 0 radical (unpaired) electrons. The van der Waals surface area contributed by atoms with Gasteiger partial charge >= 0.3 is 0 Å². The molecular formula is C27H20N6O. The summed E-state index contributed by atoms with van der Waals surface area (Å²) in [7, 11) is 0. The summed E-state index contributed by atoms with van der Waals surface area (Å²) >= 11 is 0. The van der Waals surface area contributed by atoms with Crippen molar-refractivity contribution in [3.63, 3.8) is 0 Å². The monoisotopic (exact) mass is 444 g/mol. The molecule has 0 saturated heterocycles. The fraction of sp³-hybridized carbons (Fsp3) is 0.0741. The molecular weight excluding hydrogens is 424 g/mol. The molecule has 5 rings (SSSR count). The van der Waals surface area contributed by atoms with Crippen LogP contribution in [0.2, 0.25) is 0 Å². The third-order valence-corrected chi connectivity index (χ3v) is 5.45. The number of hydrogen-bond acceptors (Lipinski definition) is 5. The van der Waals surface area contributed by atoms with Crippen molar-refractivity contribution in [1.29, 1.82) is 0 Å². The average molecular weight is 444 g/mol. The lowest BCUT2D eigenvalue weighted by atomic mass is 9.99. The Hall–Kier alpha value is -4.83. The summed E-state index contributed by atoms with van der Waals surface area (Å²) in [4.78, 5) is 26.8. The summed E-state index contributed by atoms with van der Waals surface area (Å²) in [6.45, 7) is 3.59. The zero-order valence-electron chi connectivity index (χ0n) is 18.6. The van der Waals surface area contributed by atoms with E-state index < -0.39 is 5.91 Å². The van der Waals surface area contributed by atoms with E-state index in [1.807, 2.05) is 54.6 Å². The molecule has 3 heterocycles. The molecule has 0 fully saturated rings. The maximum absolute atomic E-state index is 13.2. The smallest absolute Gasteiger partial charge is 0.284 e. The first-order valence-corrected chi connectivity index (χ1v) is 10.7. The van der Waals surface area contributed by atoms with Crippen LogP contribution < -0.4 is 5.73 Å². The molecule has 0 atom stereocenters. The first-order valence-electron chi connectivity index (χ1n) is 10.7. The normalized spacial score (nSPS) is 11.4. The van der Waals surface area contributed by atoms with Crippen molar-refractivity contribution in [1.82, 2.24) is 19.6 Å². The summed E-state index contributed by atoms with van der Waals surface area (Å²) in [6, 6.07) is 19.4. The van der Waals surface area contributed by atoms with Gasteiger partial charge in [-0.1, -0.05) is 48.4 Å². The van der Waals surface area contributed by atoms with Crippen LogP contribution in [0.5, 0.6) is 0 Å². The van der Waals surface area contributed by atoms with Gasteiger partial charge in [0.05, 0.1) is 22.5 Å². The van der Waals surface area contributed by atoms with Gasteiger partial charge in [-0.25, -0.2) is 19.5 Å². The maximum Gasteiger partial charge on any atom is 0.284 e. The number of pyridine rings is 1. The van der Waals surface area contributed by atoms with E-state index in [4.69, 9.17) is 10.7 Å². The summed E-state index contributed by atoms with van der Waals surface area (Å²) < 4.78 is 1.47. The number of fused-ring (bicyclic) bond motifs is 2. The molecule has 7 nitrogen and oxygen atoms in total. The van der Waals surface area contributed by atoms with Crippen molar-refractivity contribution in [3.8, 4) is 23.1 Å². The Labute approximate surface area is 196 Å². The van der Waals surface area contributed by atoms with Crippen molar-refractivity contribution in [2.45, 2.75) is 13.8 Å². The van der Waals surface area contributed by atoms with E-state index in [0.29, 0.717) is 11.4 Å². The fourth-order valence-electron chi connectivity index (χ4n) is 3.90. The van der Waals surface area contributed by atoms with Crippen molar-refractivity contribution >= 4 is 34.0 Å². The number of rotatable bonds is 3. The van der Waals surface area contributed by atoms with Gasteiger partial charge in [-0.05, 0) is 32.0 Å². The van der Waals surface area contributed by atoms with Crippen LogP contribution in [-0.4, -0.2) is 31.2 Å². The molecule has 7 heteroatoms. The number of amides is 1. The zero-order valence-corrected chi connectivity index (χ0v) is 18.6. The van der Waals surface area contributed by atoms with E-state index in [1.54, 1.807) is 32.3 Å². The number of carbonyl (C=O) groups is 1. The first kappa shape index (κ1) is 21.0. The van der Waals surface area contributed by atoms with Gasteiger partial charge in [0, 0.05) is 28.9 Å². The van der Waals surface area contributed by atoms with Crippen LogP contribution in [0.3, 0.4) is 0 Å². The second kappa shape index (κ2) is 8.60. The number of aliphatic imine (C=N–C) groups is 1. The molecule has 0 aliphatic heterocycles. The van der Waals surface area contributed by atoms with E-state index in [0.717, 1.165) is 33.3 Å². The van der Waals surface area contributed by atoms with Gasteiger partial charge in [-0.3, -0.25) is 4.79 Å². The minimum absolute atomic E-state index is 0.0861. The van der Waals surface area contributed by atoms with Crippen molar-refractivity contribution in [2.75, 3.05) is 5.73 Å². The molecule has 2 N–H and O–H groups in total. The van der Waals surface area contributed by atoms with Gasteiger partial charge in [0.1, 0.15) is 5.56 Å². The van der Waals surface area contributed by atoms with Gasteiger partial charge in [0.2, 0.25) is 0 Å². The molecule has 34 heavy (non-hydrogen) atoms. The lowest BCUT2D eigenvalue weighted by Crippen LogP contribution is -2.07. The Balaban J connectivity index is 1.70. The molecule has 0 unspecified atom stereocenters. The van der Waals surface area contributed by atoms with Crippen LogP contribution >= 0.6 is 0 Å². The SMILES string of the molecule is CC#Cc1cccc2cc(C(C)=NC(=O)c3c(N)nn4cccnc34)c(-c3ccccc3)nc12. The average Bonchev–Trinajstić information content (AvgIpc) is 3.20. The highest BCUT2D eigenvalue weighted by atomic mass is 16.1. The molecule has 5 aromatic rings. The largest absolute Gasteiger partial charge is 0.381 e. The zero-order chi connectivity index (χ0) is 23.7. The minimum Gasteiger partial charge on any atom is -0.381 e. The molecule has 0 saturated carbocycles. The summed E-state index contributed by atoms with van der Waals surface area (Å²) in [5.41, 5.74) is 11.1. The lowest BCUT2D eigenvalue weighted by Gasteiger charge is -2.12. The van der Waals surface area contributed by atoms with Crippen LogP contribution in [0, 0.1) is 11.8 Å². The number of nitrogens with two attached hydrogens (primary N) is 1. The predicted octanol–water partition coefficient (Wildman–Crippen LogP) is 4.55. The van der Waals surface area contributed by atoms with Crippen molar-refractivity contribution in [3.05, 3.63) is 89.7 Å². The molecule has 1 amide bonds. The Morgan fingerprint density at radius 2 is 1.91 bits per heavy atom. The number of benzene rings is 2. The molecule has 0 aliphatic carbocycles. The number of hydrogen-bond donors (Lipinski definition) is 1. The highest BCUT2D eigenvalue weighted by molar-refractivity contribution is 6.15. The van der Waals surface area contributed by atoms with E-state index in [1.165, 1.54) is 4.52 Å². The predicted molar refractivity (Wildman–Crippen MR) is 134 cm³/mol. The van der Waals surface area contributed by atoms with Crippen LogP contribution in [0.15, 0.2) is 78.0 Å². The van der Waals surface area contributed by atoms with Crippen LogP contribution in [0.1, 0.15) is 35.3 Å². The van der Waals surface area contributed by atoms with E-state index >= 15 is 0 Å². The third-order valence-electron chi connectivity index (χ3n) is 5.45. The molecule has 0 bridgehead atoms. The molecule has 0 aliphatic rings. The van der Waals surface area contributed by atoms with E-state index in [9.17, 15) is 4.79 Å². The number of carbonyl (C=O) groups excluding carboxylic acids is 1. The van der Waals surface area contributed by atoms with E-state index in [-0.39, 0.29) is 11.4 Å². The number of nitrogen functional groups attached to an aromatic ring is 1. The first-order chi connectivity index (χ1) is 16.6. The van der Waals surface area contributed by atoms with Gasteiger partial charge in [0.15, 0.2) is 11.5 Å². The Kier molecular flexibility index (Phi) is 5.32. The molecule has 164 valence electrons. The maximum atomic E-state index is 13.2. The highest BCUT2D eigenvalue weighted by Gasteiger charge is 2.20. The van der Waals surface area contributed by atoms with Crippen LogP contribution in [0.25, 0.3) is 27.8 Å². The molecule has 0 spiro atoms. The minimum atomic E-state index is -0.506. The van der Waals surface area contributed by atoms with Gasteiger partial charge < -0.3 is 5.73 Å². The lowest BCUT2D eigenvalue weighted by molar-refractivity contribution is 0.100.